The van der Waals surface area contributed by atoms with E-state index in [9.17, 15) is 4.39 Å². The van der Waals surface area contributed by atoms with Crippen LogP contribution < -0.4 is 15.4 Å². The van der Waals surface area contributed by atoms with E-state index in [2.05, 4.69) is 25.6 Å². The van der Waals surface area contributed by atoms with E-state index in [1.165, 1.54) is 12.1 Å². The van der Waals surface area contributed by atoms with Crippen molar-refractivity contribution >= 4 is 11.9 Å². The Labute approximate surface area is 122 Å². The number of aromatic nitrogens is 3. The van der Waals surface area contributed by atoms with E-state index in [4.69, 9.17) is 4.74 Å². The van der Waals surface area contributed by atoms with E-state index in [0.717, 1.165) is 5.56 Å². The quantitative estimate of drug-likeness (QED) is 0.852. The van der Waals surface area contributed by atoms with Crippen LogP contribution in [0.1, 0.15) is 25.5 Å². The van der Waals surface area contributed by atoms with Gasteiger partial charge in [-0.1, -0.05) is 12.1 Å². The first-order valence-electron chi connectivity index (χ1n) is 6.71. The Hall–Kier alpha value is -2.44. The van der Waals surface area contributed by atoms with Gasteiger partial charge in [-0.15, -0.1) is 0 Å². The number of ether oxygens (including phenoxy) is 1. The van der Waals surface area contributed by atoms with Crippen molar-refractivity contribution in [1.29, 1.82) is 0 Å². The molecule has 0 spiro atoms. The topological polar surface area (TPSA) is 72.0 Å². The number of hydrogen-bond acceptors (Lipinski definition) is 6. The first kappa shape index (κ1) is 15.0. The van der Waals surface area contributed by atoms with E-state index >= 15 is 0 Å². The standard InChI is InChI=1S/C14H18FN5O/c1-4-21-14-19-12(16-3)18-13(20-14)17-9(2)10-6-5-7-11(15)8-10/h5-9H,4H2,1-3H3,(H2,16,17,18,19,20). The van der Waals surface area contributed by atoms with Crippen LogP contribution in [0.15, 0.2) is 24.3 Å². The zero-order chi connectivity index (χ0) is 15.2. The summed E-state index contributed by atoms with van der Waals surface area (Å²) in [5.41, 5.74) is 0.805. The van der Waals surface area contributed by atoms with Gasteiger partial charge >= 0.3 is 6.01 Å². The second-order valence-electron chi connectivity index (χ2n) is 4.37. The molecule has 0 aliphatic rings. The van der Waals surface area contributed by atoms with Crippen LogP contribution in [0.4, 0.5) is 16.3 Å². The molecule has 2 aromatic rings. The molecule has 1 aromatic heterocycles. The van der Waals surface area contributed by atoms with Crippen LogP contribution in [0.25, 0.3) is 0 Å². The largest absolute Gasteiger partial charge is 0.464 e. The number of rotatable bonds is 6. The second kappa shape index (κ2) is 6.83. The van der Waals surface area contributed by atoms with Gasteiger partial charge in [0.15, 0.2) is 0 Å². The van der Waals surface area contributed by atoms with Gasteiger partial charge in [0.25, 0.3) is 0 Å². The molecule has 0 bridgehead atoms. The summed E-state index contributed by atoms with van der Waals surface area (Å²) < 4.78 is 18.5. The van der Waals surface area contributed by atoms with Crippen molar-refractivity contribution in [3.8, 4) is 6.01 Å². The Morgan fingerprint density at radius 2 is 2.00 bits per heavy atom. The molecule has 0 aliphatic carbocycles. The number of hydrogen-bond donors (Lipinski definition) is 2. The molecule has 1 aromatic carbocycles. The molecule has 0 saturated heterocycles. The molecule has 0 saturated carbocycles. The average Bonchev–Trinajstić information content (AvgIpc) is 2.47. The van der Waals surface area contributed by atoms with Crippen LogP contribution in [-0.4, -0.2) is 28.6 Å². The molecular formula is C14H18FN5O. The van der Waals surface area contributed by atoms with Crippen LogP contribution in [0.3, 0.4) is 0 Å². The molecule has 6 nitrogen and oxygen atoms in total. The Kier molecular flexibility index (Phi) is 4.86. The van der Waals surface area contributed by atoms with Gasteiger partial charge in [-0.3, -0.25) is 0 Å². The molecular weight excluding hydrogens is 273 g/mol. The molecule has 0 fully saturated rings. The van der Waals surface area contributed by atoms with E-state index < -0.39 is 0 Å². The molecule has 1 heterocycles. The molecule has 0 radical (unpaired) electrons. The highest BCUT2D eigenvalue weighted by Crippen LogP contribution is 2.19. The van der Waals surface area contributed by atoms with Gasteiger partial charge < -0.3 is 15.4 Å². The summed E-state index contributed by atoms with van der Waals surface area (Å²) in [5, 5.41) is 5.96. The molecule has 2 rings (SSSR count). The van der Waals surface area contributed by atoms with Crippen molar-refractivity contribution in [1.82, 2.24) is 15.0 Å². The van der Waals surface area contributed by atoms with Crippen LogP contribution in [0, 0.1) is 5.82 Å². The van der Waals surface area contributed by atoms with E-state index in [0.29, 0.717) is 18.5 Å². The van der Waals surface area contributed by atoms with E-state index in [-0.39, 0.29) is 17.9 Å². The third-order valence-corrected chi connectivity index (χ3v) is 2.81. The van der Waals surface area contributed by atoms with Crippen molar-refractivity contribution < 1.29 is 9.13 Å². The Bertz CT molecular complexity index is 608. The third-order valence-electron chi connectivity index (χ3n) is 2.81. The first-order chi connectivity index (χ1) is 10.1. The first-order valence-corrected chi connectivity index (χ1v) is 6.71. The molecule has 112 valence electrons. The van der Waals surface area contributed by atoms with Crippen molar-refractivity contribution in [2.24, 2.45) is 0 Å². The number of nitrogens with zero attached hydrogens (tertiary/aromatic N) is 3. The number of anilines is 2. The maximum absolute atomic E-state index is 13.3. The Morgan fingerprint density at radius 3 is 2.67 bits per heavy atom. The Balaban J connectivity index is 2.19. The average molecular weight is 291 g/mol. The van der Waals surface area contributed by atoms with Crippen molar-refractivity contribution in [2.75, 3.05) is 24.3 Å². The van der Waals surface area contributed by atoms with Gasteiger partial charge in [0.05, 0.1) is 12.6 Å². The zero-order valence-electron chi connectivity index (χ0n) is 12.2. The van der Waals surface area contributed by atoms with Crippen LogP contribution in [0.5, 0.6) is 6.01 Å². The lowest BCUT2D eigenvalue weighted by Crippen LogP contribution is -2.12. The predicted octanol–water partition coefficient (Wildman–Crippen LogP) is 2.62. The molecule has 2 N–H and O–H groups in total. The van der Waals surface area contributed by atoms with E-state index in [1.54, 1.807) is 13.1 Å². The monoisotopic (exact) mass is 291 g/mol. The molecule has 0 aliphatic heterocycles. The highest BCUT2D eigenvalue weighted by atomic mass is 19.1. The lowest BCUT2D eigenvalue weighted by Gasteiger charge is -2.15. The van der Waals surface area contributed by atoms with E-state index in [1.807, 2.05) is 19.9 Å². The minimum Gasteiger partial charge on any atom is -0.464 e. The molecule has 1 atom stereocenters. The molecule has 1 unspecified atom stereocenters. The van der Waals surface area contributed by atoms with Crippen molar-refractivity contribution in [2.45, 2.75) is 19.9 Å². The summed E-state index contributed by atoms with van der Waals surface area (Å²) in [6.07, 6.45) is 0. The highest BCUT2D eigenvalue weighted by Gasteiger charge is 2.11. The third kappa shape index (κ3) is 4.01. The fourth-order valence-corrected chi connectivity index (χ4v) is 1.78. The summed E-state index contributed by atoms with van der Waals surface area (Å²) in [6, 6.07) is 6.48. The summed E-state index contributed by atoms with van der Waals surface area (Å²) in [6.45, 7) is 4.22. The van der Waals surface area contributed by atoms with Crippen LogP contribution in [-0.2, 0) is 0 Å². The Morgan fingerprint density at radius 1 is 1.24 bits per heavy atom. The van der Waals surface area contributed by atoms with Crippen LogP contribution in [0.2, 0.25) is 0 Å². The van der Waals surface area contributed by atoms with Crippen molar-refractivity contribution in [3.05, 3.63) is 35.6 Å². The number of nitrogens with one attached hydrogen (secondary N) is 2. The van der Waals surface area contributed by atoms with Gasteiger partial charge in [-0.2, -0.15) is 15.0 Å². The maximum atomic E-state index is 13.3. The van der Waals surface area contributed by atoms with Gasteiger partial charge in [-0.05, 0) is 31.5 Å². The van der Waals surface area contributed by atoms with Gasteiger partial charge in [0, 0.05) is 7.05 Å². The summed E-state index contributed by atoms with van der Waals surface area (Å²) in [4.78, 5) is 12.5. The SMILES string of the molecule is CCOc1nc(NC)nc(NC(C)c2cccc(F)c2)n1. The summed E-state index contributed by atoms with van der Waals surface area (Å²) in [5.74, 6) is 0.500. The minimum atomic E-state index is -0.275. The number of halogens is 1. The van der Waals surface area contributed by atoms with Gasteiger partial charge in [0.1, 0.15) is 5.82 Å². The summed E-state index contributed by atoms with van der Waals surface area (Å²) >= 11 is 0. The van der Waals surface area contributed by atoms with Crippen molar-refractivity contribution in [3.63, 3.8) is 0 Å². The number of benzene rings is 1. The molecule has 0 amide bonds. The predicted molar refractivity (Wildman–Crippen MR) is 79.0 cm³/mol. The zero-order valence-corrected chi connectivity index (χ0v) is 12.2. The molecule has 7 heteroatoms. The summed E-state index contributed by atoms with van der Waals surface area (Å²) in [7, 11) is 1.71. The normalized spacial score (nSPS) is 11.8. The maximum Gasteiger partial charge on any atom is 0.323 e. The fraction of sp³-hybridized carbons (Fsp3) is 0.357. The fourth-order valence-electron chi connectivity index (χ4n) is 1.78. The second-order valence-corrected chi connectivity index (χ2v) is 4.37. The lowest BCUT2D eigenvalue weighted by atomic mass is 10.1. The van der Waals surface area contributed by atoms with Gasteiger partial charge in [0.2, 0.25) is 11.9 Å². The highest BCUT2D eigenvalue weighted by molar-refractivity contribution is 5.38. The van der Waals surface area contributed by atoms with Crippen LogP contribution >= 0.6 is 0 Å². The minimum absolute atomic E-state index is 0.151. The smallest absolute Gasteiger partial charge is 0.323 e. The molecule has 21 heavy (non-hydrogen) atoms. The lowest BCUT2D eigenvalue weighted by molar-refractivity contribution is 0.312. The van der Waals surface area contributed by atoms with Gasteiger partial charge in [-0.25, -0.2) is 4.39 Å².